The minimum absolute atomic E-state index is 0.0867. The first kappa shape index (κ1) is 15.3. The summed E-state index contributed by atoms with van der Waals surface area (Å²) >= 11 is 0. The number of rotatable bonds is 3. The molecule has 3 rings (SSSR count). The second-order valence-corrected chi connectivity index (χ2v) is 4.92. The zero-order valence-electron chi connectivity index (χ0n) is 12.5. The molecule has 0 aliphatic carbocycles. The predicted octanol–water partition coefficient (Wildman–Crippen LogP) is 1.15. The van der Waals surface area contributed by atoms with E-state index in [1.54, 1.807) is 14.0 Å². The molecule has 0 saturated heterocycles. The molecule has 0 aliphatic heterocycles. The van der Waals surface area contributed by atoms with E-state index in [9.17, 15) is 14.4 Å². The van der Waals surface area contributed by atoms with E-state index in [0.717, 1.165) is 6.07 Å². The standard InChI is InChI=1S/C13H11N5O6/c1-5-3-7(17(2)15-5)11(19)14-10-9-6(18(16-10)13(22)23)4-8(24-9)12(20)21/h3-4H,1-2H3,(H,20,21)(H,22,23)(H,14,16,19). The molecule has 3 heterocycles. The largest absolute Gasteiger partial charge is 0.475 e. The molecule has 0 radical (unpaired) electrons. The van der Waals surface area contributed by atoms with Gasteiger partial charge in [-0.25, -0.2) is 9.59 Å². The number of anilines is 1. The highest BCUT2D eigenvalue weighted by molar-refractivity contribution is 6.07. The molecule has 0 aliphatic rings. The van der Waals surface area contributed by atoms with Crippen LogP contribution in [-0.4, -0.2) is 47.7 Å². The molecule has 0 atom stereocenters. The first-order valence-corrected chi connectivity index (χ1v) is 6.59. The van der Waals surface area contributed by atoms with Gasteiger partial charge in [0, 0.05) is 13.1 Å². The Morgan fingerprint density at radius 3 is 2.46 bits per heavy atom. The van der Waals surface area contributed by atoms with Gasteiger partial charge in [0.25, 0.3) is 5.91 Å². The lowest BCUT2D eigenvalue weighted by atomic mass is 10.3. The van der Waals surface area contributed by atoms with Crippen LogP contribution in [0.1, 0.15) is 26.7 Å². The van der Waals surface area contributed by atoms with Crippen LogP contribution in [-0.2, 0) is 7.05 Å². The second kappa shape index (κ2) is 5.22. The van der Waals surface area contributed by atoms with E-state index in [1.165, 1.54) is 10.7 Å². The zero-order valence-corrected chi connectivity index (χ0v) is 12.5. The number of furan rings is 1. The SMILES string of the molecule is Cc1cc(C(=O)Nc2nn(C(=O)O)c3cc(C(=O)O)oc23)n(C)n1. The number of carboxylic acids is 1. The predicted molar refractivity (Wildman–Crippen MR) is 78.3 cm³/mol. The van der Waals surface area contributed by atoms with Gasteiger partial charge in [0.05, 0.1) is 5.69 Å². The third kappa shape index (κ3) is 2.37. The Labute approximate surface area is 133 Å². The van der Waals surface area contributed by atoms with Crippen molar-refractivity contribution in [2.45, 2.75) is 6.92 Å². The Balaban J connectivity index is 2.05. The Kier molecular flexibility index (Phi) is 3.32. The maximum Gasteiger partial charge on any atom is 0.432 e. The summed E-state index contributed by atoms with van der Waals surface area (Å²) in [5.74, 6) is -2.64. The first-order chi connectivity index (χ1) is 11.3. The van der Waals surface area contributed by atoms with Crippen LogP contribution in [0, 0.1) is 6.92 Å². The van der Waals surface area contributed by atoms with Gasteiger partial charge in [0.2, 0.25) is 5.76 Å². The lowest BCUT2D eigenvalue weighted by molar-refractivity contribution is 0.0665. The Bertz CT molecular complexity index is 994. The monoisotopic (exact) mass is 333 g/mol. The molecule has 1 amide bonds. The fourth-order valence-corrected chi connectivity index (χ4v) is 2.24. The smallest absolute Gasteiger partial charge is 0.432 e. The summed E-state index contributed by atoms with van der Waals surface area (Å²) in [4.78, 5) is 34.5. The highest BCUT2D eigenvalue weighted by atomic mass is 16.4. The van der Waals surface area contributed by atoms with Crippen molar-refractivity contribution in [3.05, 3.63) is 29.3 Å². The minimum atomic E-state index is -1.45. The number of fused-ring (bicyclic) bond motifs is 1. The fraction of sp³-hybridized carbons (Fsp3) is 0.154. The number of hydrogen-bond acceptors (Lipinski definition) is 6. The van der Waals surface area contributed by atoms with Crippen molar-refractivity contribution in [2.24, 2.45) is 7.05 Å². The van der Waals surface area contributed by atoms with E-state index in [4.69, 9.17) is 14.6 Å². The number of carbonyl (C=O) groups is 3. The number of aryl methyl sites for hydroxylation is 2. The molecule has 3 N–H and O–H groups in total. The molecule has 3 aromatic heterocycles. The summed E-state index contributed by atoms with van der Waals surface area (Å²) < 4.78 is 6.95. The average molecular weight is 333 g/mol. The van der Waals surface area contributed by atoms with Gasteiger partial charge < -0.3 is 19.9 Å². The molecule has 0 bridgehead atoms. The van der Waals surface area contributed by atoms with Crippen LogP contribution in [0.5, 0.6) is 0 Å². The van der Waals surface area contributed by atoms with Crippen molar-refractivity contribution in [1.82, 2.24) is 19.6 Å². The molecule has 124 valence electrons. The third-order valence-corrected chi connectivity index (χ3v) is 3.21. The summed E-state index contributed by atoms with van der Waals surface area (Å²) in [6.45, 7) is 1.71. The van der Waals surface area contributed by atoms with E-state index in [-0.39, 0.29) is 22.6 Å². The van der Waals surface area contributed by atoms with Gasteiger partial charge in [-0.3, -0.25) is 9.48 Å². The number of aromatic carboxylic acids is 1. The van der Waals surface area contributed by atoms with E-state index in [2.05, 4.69) is 15.5 Å². The Hall–Kier alpha value is -3.63. The van der Waals surface area contributed by atoms with Gasteiger partial charge in [0.1, 0.15) is 11.2 Å². The number of carboxylic acid groups (broad SMARTS) is 2. The van der Waals surface area contributed by atoms with Crippen LogP contribution in [0.3, 0.4) is 0 Å². The van der Waals surface area contributed by atoms with Crippen LogP contribution in [0.25, 0.3) is 11.1 Å². The molecule has 0 fully saturated rings. The van der Waals surface area contributed by atoms with Gasteiger partial charge in [-0.2, -0.15) is 9.78 Å². The lowest BCUT2D eigenvalue weighted by Gasteiger charge is -2.01. The van der Waals surface area contributed by atoms with Gasteiger partial charge >= 0.3 is 12.1 Å². The van der Waals surface area contributed by atoms with Crippen LogP contribution < -0.4 is 5.32 Å². The van der Waals surface area contributed by atoms with Crippen LogP contribution >= 0.6 is 0 Å². The fourth-order valence-electron chi connectivity index (χ4n) is 2.24. The van der Waals surface area contributed by atoms with Crippen molar-refractivity contribution in [3.8, 4) is 0 Å². The molecule has 0 unspecified atom stereocenters. The number of amides is 1. The van der Waals surface area contributed by atoms with Gasteiger partial charge in [0.15, 0.2) is 11.4 Å². The molecule has 11 nitrogen and oxygen atoms in total. The quantitative estimate of drug-likeness (QED) is 0.645. The summed E-state index contributed by atoms with van der Waals surface area (Å²) in [6, 6.07) is 2.55. The average Bonchev–Trinajstić information content (AvgIpc) is 3.13. The molecule has 0 aromatic carbocycles. The van der Waals surface area contributed by atoms with E-state index >= 15 is 0 Å². The molecular formula is C13H11N5O6. The Morgan fingerprint density at radius 2 is 1.92 bits per heavy atom. The number of nitrogens with one attached hydrogen (secondary N) is 1. The molecule has 0 spiro atoms. The number of nitrogens with zero attached hydrogens (tertiary/aromatic N) is 4. The van der Waals surface area contributed by atoms with E-state index in [1.807, 2.05) is 0 Å². The molecule has 24 heavy (non-hydrogen) atoms. The van der Waals surface area contributed by atoms with Crippen LogP contribution in [0.15, 0.2) is 16.5 Å². The van der Waals surface area contributed by atoms with Crippen molar-refractivity contribution in [3.63, 3.8) is 0 Å². The highest BCUT2D eigenvalue weighted by Gasteiger charge is 2.24. The lowest BCUT2D eigenvalue weighted by Crippen LogP contribution is -2.17. The van der Waals surface area contributed by atoms with Crippen LogP contribution in [0.2, 0.25) is 0 Å². The van der Waals surface area contributed by atoms with Gasteiger partial charge in [-0.15, -0.1) is 5.10 Å². The van der Waals surface area contributed by atoms with Crippen molar-refractivity contribution in [2.75, 3.05) is 5.32 Å². The molecule has 11 heteroatoms. The van der Waals surface area contributed by atoms with Gasteiger partial charge in [-0.05, 0) is 13.0 Å². The normalized spacial score (nSPS) is 10.9. The van der Waals surface area contributed by atoms with Crippen molar-refractivity contribution >= 4 is 34.9 Å². The van der Waals surface area contributed by atoms with E-state index in [0.29, 0.717) is 10.4 Å². The number of carbonyl (C=O) groups excluding carboxylic acids is 1. The summed E-state index contributed by atoms with van der Waals surface area (Å²) in [5, 5.41) is 28.2. The highest BCUT2D eigenvalue weighted by Crippen LogP contribution is 2.27. The molecule has 3 aromatic rings. The maximum absolute atomic E-state index is 12.3. The van der Waals surface area contributed by atoms with Crippen LogP contribution in [0.4, 0.5) is 10.6 Å². The van der Waals surface area contributed by atoms with E-state index < -0.39 is 23.7 Å². The molecule has 0 saturated carbocycles. The van der Waals surface area contributed by atoms with Gasteiger partial charge in [-0.1, -0.05) is 0 Å². The summed E-state index contributed by atoms with van der Waals surface area (Å²) in [6.07, 6.45) is -1.45. The molecular weight excluding hydrogens is 322 g/mol. The zero-order chi connectivity index (χ0) is 17.6. The second-order valence-electron chi connectivity index (χ2n) is 4.92. The van der Waals surface area contributed by atoms with Crippen molar-refractivity contribution in [1.29, 1.82) is 0 Å². The topological polar surface area (TPSA) is 152 Å². The first-order valence-electron chi connectivity index (χ1n) is 6.59. The summed E-state index contributed by atoms with van der Waals surface area (Å²) in [7, 11) is 1.57. The number of aromatic nitrogens is 4. The number of hydrogen-bond donors (Lipinski definition) is 3. The summed E-state index contributed by atoms with van der Waals surface area (Å²) in [5.41, 5.74) is 0.601. The minimum Gasteiger partial charge on any atom is -0.475 e. The third-order valence-electron chi connectivity index (χ3n) is 3.21. The Morgan fingerprint density at radius 1 is 1.21 bits per heavy atom. The van der Waals surface area contributed by atoms with Crippen molar-refractivity contribution < 1.29 is 29.0 Å². The maximum atomic E-state index is 12.3.